The van der Waals surface area contributed by atoms with Crippen LogP contribution < -0.4 is 16.6 Å². The lowest BCUT2D eigenvalue weighted by Crippen LogP contribution is -2.39. The number of hydrogen-bond acceptors (Lipinski definition) is 2. The van der Waals surface area contributed by atoms with Gasteiger partial charge in [0.15, 0.2) is 0 Å². The van der Waals surface area contributed by atoms with E-state index >= 15 is 0 Å². The molecule has 4 N–H and O–H groups in total. The van der Waals surface area contributed by atoms with Crippen LogP contribution >= 0.6 is 0 Å². The van der Waals surface area contributed by atoms with Crippen molar-refractivity contribution in [2.24, 2.45) is 5.84 Å². The minimum absolute atomic E-state index is 0.251. The summed E-state index contributed by atoms with van der Waals surface area (Å²) in [6, 6.07) is 5.47. The fourth-order valence-electron chi connectivity index (χ4n) is 0.880. The second-order valence-corrected chi connectivity index (χ2v) is 2.46. The maximum absolute atomic E-state index is 12.6. The fraction of sp³-hybridized carbons (Fsp3) is 0.125. The first-order valence-corrected chi connectivity index (χ1v) is 3.71. The second-order valence-electron chi connectivity index (χ2n) is 2.46. The molecule has 0 aromatic heterocycles. The molecule has 13 heavy (non-hydrogen) atoms. The Hall–Kier alpha value is -1.62. The van der Waals surface area contributed by atoms with E-state index in [9.17, 15) is 9.18 Å². The van der Waals surface area contributed by atoms with Crippen LogP contribution in [0, 0.1) is 5.82 Å². The summed E-state index contributed by atoms with van der Waals surface area (Å²) in [4.78, 5) is 10.6. The zero-order chi connectivity index (χ0) is 9.68. The number of hydrazine groups is 1. The van der Waals surface area contributed by atoms with Crippen LogP contribution in [-0.2, 0) is 6.54 Å². The number of urea groups is 1. The summed E-state index contributed by atoms with van der Waals surface area (Å²) in [6.45, 7) is 0.251. The van der Waals surface area contributed by atoms with Gasteiger partial charge in [-0.2, -0.15) is 0 Å². The van der Waals surface area contributed by atoms with E-state index in [0.717, 1.165) is 0 Å². The van der Waals surface area contributed by atoms with E-state index in [-0.39, 0.29) is 12.4 Å². The van der Waals surface area contributed by atoms with Gasteiger partial charge in [0, 0.05) is 6.54 Å². The van der Waals surface area contributed by atoms with Crippen LogP contribution in [0.4, 0.5) is 9.18 Å². The Morgan fingerprint density at radius 3 is 2.92 bits per heavy atom. The molecule has 1 aromatic rings. The Balaban J connectivity index is 2.50. The molecule has 0 saturated heterocycles. The Labute approximate surface area is 74.9 Å². The summed E-state index contributed by atoms with van der Waals surface area (Å²) in [7, 11) is 0. The minimum atomic E-state index is -0.496. The van der Waals surface area contributed by atoms with Crippen molar-refractivity contribution in [2.45, 2.75) is 6.54 Å². The Kier molecular flexibility index (Phi) is 3.22. The minimum Gasteiger partial charge on any atom is -0.333 e. The molecule has 5 heteroatoms. The van der Waals surface area contributed by atoms with Crippen molar-refractivity contribution < 1.29 is 9.18 Å². The number of halogens is 1. The summed E-state index contributed by atoms with van der Waals surface area (Å²) < 4.78 is 12.6. The number of rotatable bonds is 2. The molecule has 0 unspecified atom stereocenters. The molecule has 4 nitrogen and oxygen atoms in total. The van der Waals surface area contributed by atoms with Crippen LogP contribution in [0.1, 0.15) is 5.56 Å². The van der Waals surface area contributed by atoms with E-state index in [2.05, 4.69) is 5.32 Å². The van der Waals surface area contributed by atoms with E-state index < -0.39 is 6.03 Å². The highest BCUT2D eigenvalue weighted by Gasteiger charge is 1.97. The van der Waals surface area contributed by atoms with Gasteiger partial charge in [0.2, 0.25) is 0 Å². The predicted molar refractivity (Wildman–Crippen MR) is 46.0 cm³/mol. The molecule has 0 aliphatic heterocycles. The summed E-state index contributed by atoms with van der Waals surface area (Å²) in [5, 5.41) is 2.43. The van der Waals surface area contributed by atoms with Crippen molar-refractivity contribution in [3.8, 4) is 0 Å². The molecule has 0 radical (unpaired) electrons. The fourth-order valence-corrected chi connectivity index (χ4v) is 0.880. The standard InChI is InChI=1S/C8H10FN3O/c9-7-3-1-2-6(4-7)5-11-8(13)12-10/h1-4H,5,10H2,(H2,11,12,13). The Morgan fingerprint density at radius 2 is 2.31 bits per heavy atom. The normalized spacial score (nSPS) is 9.38. The number of nitrogens with one attached hydrogen (secondary N) is 2. The first kappa shape index (κ1) is 9.47. The molecule has 1 aromatic carbocycles. The van der Waals surface area contributed by atoms with Gasteiger partial charge in [-0.25, -0.2) is 15.0 Å². The average molecular weight is 183 g/mol. The van der Waals surface area contributed by atoms with E-state index in [1.165, 1.54) is 12.1 Å². The van der Waals surface area contributed by atoms with E-state index in [0.29, 0.717) is 5.56 Å². The van der Waals surface area contributed by atoms with Crippen molar-refractivity contribution in [1.82, 2.24) is 10.7 Å². The van der Waals surface area contributed by atoms with Crippen molar-refractivity contribution in [3.05, 3.63) is 35.6 Å². The van der Waals surface area contributed by atoms with Gasteiger partial charge >= 0.3 is 6.03 Å². The molecule has 2 amide bonds. The molecule has 0 saturated carbocycles. The highest BCUT2D eigenvalue weighted by Crippen LogP contribution is 2.02. The summed E-state index contributed by atoms with van der Waals surface area (Å²) >= 11 is 0. The SMILES string of the molecule is NNC(=O)NCc1cccc(F)c1. The number of benzene rings is 1. The molecular formula is C8H10FN3O. The van der Waals surface area contributed by atoms with Crippen LogP contribution in [-0.4, -0.2) is 6.03 Å². The molecule has 0 bridgehead atoms. The summed E-state index contributed by atoms with van der Waals surface area (Å²) in [5.41, 5.74) is 2.59. The highest BCUT2D eigenvalue weighted by atomic mass is 19.1. The topological polar surface area (TPSA) is 67.1 Å². The first-order chi connectivity index (χ1) is 6.22. The van der Waals surface area contributed by atoms with Gasteiger partial charge in [-0.1, -0.05) is 12.1 Å². The first-order valence-electron chi connectivity index (χ1n) is 3.71. The van der Waals surface area contributed by atoms with Gasteiger partial charge < -0.3 is 5.32 Å². The molecule has 0 aliphatic rings. The quantitative estimate of drug-likeness (QED) is 0.355. The maximum Gasteiger partial charge on any atom is 0.329 e. The van der Waals surface area contributed by atoms with Crippen LogP contribution in [0.5, 0.6) is 0 Å². The third-order valence-corrected chi connectivity index (χ3v) is 1.47. The number of hydrogen-bond donors (Lipinski definition) is 3. The zero-order valence-corrected chi connectivity index (χ0v) is 6.88. The Morgan fingerprint density at radius 1 is 1.54 bits per heavy atom. The van der Waals surface area contributed by atoms with E-state index in [1.54, 1.807) is 12.1 Å². The zero-order valence-electron chi connectivity index (χ0n) is 6.88. The van der Waals surface area contributed by atoms with Crippen LogP contribution in [0.3, 0.4) is 0 Å². The Bertz CT molecular complexity index is 303. The smallest absolute Gasteiger partial charge is 0.329 e. The van der Waals surface area contributed by atoms with Crippen LogP contribution in [0.2, 0.25) is 0 Å². The van der Waals surface area contributed by atoms with Gasteiger partial charge in [0.1, 0.15) is 5.82 Å². The second kappa shape index (κ2) is 4.42. The van der Waals surface area contributed by atoms with Crippen molar-refractivity contribution in [3.63, 3.8) is 0 Å². The third kappa shape index (κ3) is 3.08. The van der Waals surface area contributed by atoms with Crippen molar-refractivity contribution >= 4 is 6.03 Å². The number of amides is 2. The lowest BCUT2D eigenvalue weighted by molar-refractivity contribution is 0.240. The largest absolute Gasteiger partial charge is 0.333 e. The number of carbonyl (C=O) groups excluding carboxylic acids is 1. The predicted octanol–water partition coefficient (Wildman–Crippen LogP) is 0.499. The number of carbonyl (C=O) groups is 1. The van der Waals surface area contributed by atoms with Gasteiger partial charge in [-0.3, -0.25) is 5.43 Å². The molecule has 0 heterocycles. The van der Waals surface area contributed by atoms with E-state index in [1.807, 2.05) is 5.43 Å². The molecule has 1 rings (SSSR count). The summed E-state index contributed by atoms with van der Waals surface area (Å²) in [6.07, 6.45) is 0. The molecule has 0 spiro atoms. The van der Waals surface area contributed by atoms with Gasteiger partial charge in [0.05, 0.1) is 0 Å². The molecule has 0 fully saturated rings. The number of nitrogens with two attached hydrogens (primary N) is 1. The molecule has 70 valence electrons. The molecule has 0 atom stereocenters. The van der Waals surface area contributed by atoms with Crippen molar-refractivity contribution in [1.29, 1.82) is 0 Å². The lowest BCUT2D eigenvalue weighted by atomic mass is 10.2. The van der Waals surface area contributed by atoms with E-state index in [4.69, 9.17) is 5.84 Å². The van der Waals surface area contributed by atoms with Crippen molar-refractivity contribution in [2.75, 3.05) is 0 Å². The summed E-state index contributed by atoms with van der Waals surface area (Å²) in [5.74, 6) is 4.50. The van der Waals surface area contributed by atoms with Crippen LogP contribution in [0.15, 0.2) is 24.3 Å². The van der Waals surface area contributed by atoms with Gasteiger partial charge in [-0.15, -0.1) is 0 Å². The molecule has 0 aliphatic carbocycles. The molecular weight excluding hydrogens is 173 g/mol. The average Bonchev–Trinajstić information content (AvgIpc) is 2.14. The monoisotopic (exact) mass is 183 g/mol. The van der Waals surface area contributed by atoms with Gasteiger partial charge in [-0.05, 0) is 17.7 Å². The highest BCUT2D eigenvalue weighted by molar-refractivity contribution is 5.72. The van der Waals surface area contributed by atoms with Gasteiger partial charge in [0.25, 0.3) is 0 Å². The lowest BCUT2D eigenvalue weighted by Gasteiger charge is -2.03. The maximum atomic E-state index is 12.6. The van der Waals surface area contributed by atoms with Crippen LogP contribution in [0.25, 0.3) is 0 Å². The third-order valence-electron chi connectivity index (χ3n) is 1.47.